The molecule has 4 rings (SSSR count). The third kappa shape index (κ3) is 2.79. The second kappa shape index (κ2) is 6.17. The van der Waals surface area contributed by atoms with Crippen LogP contribution in [0.1, 0.15) is 22.7 Å². The van der Waals surface area contributed by atoms with Crippen LogP contribution in [0.5, 0.6) is 0 Å². The van der Waals surface area contributed by atoms with E-state index in [1.54, 1.807) is 0 Å². The zero-order valence-electron chi connectivity index (χ0n) is 13.8. The predicted molar refractivity (Wildman–Crippen MR) is 102 cm³/mol. The number of aromatic nitrogens is 3. The van der Waals surface area contributed by atoms with E-state index in [4.69, 9.17) is 28.2 Å². The summed E-state index contributed by atoms with van der Waals surface area (Å²) < 4.78 is 8.32. The van der Waals surface area contributed by atoms with Gasteiger partial charge in [0.05, 0.1) is 5.69 Å². The fraction of sp³-hybridized carbons (Fsp3) is 0.158. The lowest BCUT2D eigenvalue weighted by Gasteiger charge is -2.08. The highest BCUT2D eigenvalue weighted by molar-refractivity contribution is 7.71. The maximum atomic E-state index is 6.29. The van der Waals surface area contributed by atoms with E-state index in [0.29, 0.717) is 16.2 Å². The average molecular weight is 370 g/mol. The van der Waals surface area contributed by atoms with Crippen molar-refractivity contribution in [1.82, 2.24) is 14.8 Å². The van der Waals surface area contributed by atoms with Gasteiger partial charge in [0.25, 0.3) is 0 Å². The molecule has 0 amide bonds. The lowest BCUT2D eigenvalue weighted by Crippen LogP contribution is -2.03. The van der Waals surface area contributed by atoms with Crippen LogP contribution in [0.4, 0.5) is 0 Å². The van der Waals surface area contributed by atoms with Crippen LogP contribution >= 0.6 is 23.8 Å². The first kappa shape index (κ1) is 16.1. The Balaban J connectivity index is 1.83. The molecule has 126 valence electrons. The van der Waals surface area contributed by atoms with Crippen molar-refractivity contribution in [3.05, 3.63) is 75.0 Å². The predicted octanol–water partition coefficient (Wildman–Crippen LogP) is 5.54. The van der Waals surface area contributed by atoms with Crippen molar-refractivity contribution >= 4 is 34.8 Å². The summed E-state index contributed by atoms with van der Waals surface area (Å²) >= 11 is 11.7. The average Bonchev–Trinajstić information content (AvgIpc) is 3.11. The Bertz CT molecular complexity index is 1140. The van der Waals surface area contributed by atoms with Gasteiger partial charge in [-0.3, -0.25) is 9.67 Å². The molecule has 6 heteroatoms. The quantitative estimate of drug-likeness (QED) is 0.482. The number of benzene rings is 2. The van der Waals surface area contributed by atoms with Crippen molar-refractivity contribution in [3.63, 3.8) is 0 Å². The summed E-state index contributed by atoms with van der Waals surface area (Å²) in [6.07, 6.45) is 0.613. The van der Waals surface area contributed by atoms with Crippen molar-refractivity contribution in [2.75, 3.05) is 0 Å². The summed E-state index contributed by atoms with van der Waals surface area (Å²) in [6, 6.07) is 13.9. The minimum atomic E-state index is 0.542. The van der Waals surface area contributed by atoms with E-state index >= 15 is 0 Å². The number of aromatic amines is 1. The van der Waals surface area contributed by atoms with Crippen molar-refractivity contribution in [1.29, 1.82) is 0 Å². The van der Waals surface area contributed by atoms with Crippen LogP contribution in [0.3, 0.4) is 0 Å². The lowest BCUT2D eigenvalue weighted by molar-refractivity contribution is 0.572. The summed E-state index contributed by atoms with van der Waals surface area (Å²) in [5.74, 6) is 1.71. The molecule has 0 unspecified atom stereocenters. The number of fused-ring (bicyclic) bond motifs is 1. The topological polar surface area (TPSA) is 46.8 Å². The number of nitrogens with one attached hydrogen (secondary N) is 1. The van der Waals surface area contributed by atoms with Gasteiger partial charge in [0.2, 0.25) is 0 Å². The van der Waals surface area contributed by atoms with E-state index in [1.807, 2.05) is 54.8 Å². The molecule has 0 saturated carbocycles. The maximum Gasteiger partial charge on any atom is 0.199 e. The molecule has 2 heterocycles. The zero-order chi connectivity index (χ0) is 17.6. The van der Waals surface area contributed by atoms with Crippen LogP contribution in [0, 0.1) is 18.6 Å². The van der Waals surface area contributed by atoms with E-state index in [1.165, 1.54) is 0 Å². The van der Waals surface area contributed by atoms with Gasteiger partial charge in [0.1, 0.15) is 17.2 Å². The Morgan fingerprint density at radius 1 is 1.20 bits per heavy atom. The summed E-state index contributed by atoms with van der Waals surface area (Å²) in [7, 11) is 0. The van der Waals surface area contributed by atoms with Crippen molar-refractivity contribution < 1.29 is 4.42 Å². The Labute approximate surface area is 155 Å². The number of rotatable bonds is 3. The highest BCUT2D eigenvalue weighted by Gasteiger charge is 2.16. The van der Waals surface area contributed by atoms with Crippen LogP contribution < -0.4 is 0 Å². The third-order valence-corrected chi connectivity index (χ3v) is 5.07. The Morgan fingerprint density at radius 3 is 2.80 bits per heavy atom. The largest absolute Gasteiger partial charge is 0.461 e. The van der Waals surface area contributed by atoms with Crippen molar-refractivity contribution in [2.45, 2.75) is 20.3 Å². The van der Waals surface area contributed by atoms with Gasteiger partial charge in [0, 0.05) is 22.4 Å². The van der Waals surface area contributed by atoms with E-state index in [2.05, 4.69) is 16.3 Å². The molecule has 0 aliphatic carbocycles. The highest BCUT2D eigenvalue weighted by atomic mass is 35.5. The third-order valence-electron chi connectivity index (χ3n) is 4.39. The van der Waals surface area contributed by atoms with Gasteiger partial charge in [-0.15, -0.1) is 0 Å². The van der Waals surface area contributed by atoms with E-state index in [9.17, 15) is 0 Å². The number of hydrogen-bond acceptors (Lipinski definition) is 3. The lowest BCUT2D eigenvalue weighted by atomic mass is 10.1. The molecule has 0 bridgehead atoms. The maximum absolute atomic E-state index is 6.29. The van der Waals surface area contributed by atoms with Crippen LogP contribution in [0.25, 0.3) is 16.7 Å². The minimum absolute atomic E-state index is 0.542. The van der Waals surface area contributed by atoms with Gasteiger partial charge >= 0.3 is 0 Å². The Morgan fingerprint density at radius 2 is 2.00 bits per heavy atom. The molecule has 4 nitrogen and oxygen atoms in total. The monoisotopic (exact) mass is 369 g/mol. The highest BCUT2D eigenvalue weighted by Crippen LogP contribution is 2.28. The molecule has 0 atom stereocenters. The molecular weight excluding hydrogens is 354 g/mol. The van der Waals surface area contributed by atoms with Crippen molar-refractivity contribution in [3.8, 4) is 5.69 Å². The molecule has 0 spiro atoms. The Hall–Kier alpha value is -2.37. The minimum Gasteiger partial charge on any atom is -0.461 e. The molecule has 2 aromatic heterocycles. The zero-order valence-corrected chi connectivity index (χ0v) is 15.4. The van der Waals surface area contributed by atoms with E-state index in [-0.39, 0.29) is 0 Å². The molecule has 0 radical (unpaired) electrons. The first-order valence-corrected chi connectivity index (χ1v) is 8.73. The molecule has 0 fully saturated rings. The molecule has 4 aromatic rings. The number of para-hydroxylation sites is 1. The summed E-state index contributed by atoms with van der Waals surface area (Å²) in [4.78, 5) is 0. The first-order chi connectivity index (χ1) is 12.0. The summed E-state index contributed by atoms with van der Waals surface area (Å²) in [6.45, 7) is 3.95. The molecule has 1 N–H and O–H groups in total. The normalized spacial score (nSPS) is 11.3. The van der Waals surface area contributed by atoms with Gasteiger partial charge < -0.3 is 4.42 Å². The fourth-order valence-corrected chi connectivity index (χ4v) is 3.47. The second-order valence-corrected chi connectivity index (χ2v) is 6.82. The van der Waals surface area contributed by atoms with Gasteiger partial charge in [-0.2, -0.15) is 5.10 Å². The molecule has 0 saturated heterocycles. The van der Waals surface area contributed by atoms with E-state index in [0.717, 1.165) is 39.4 Å². The number of hydrogen-bond donors (Lipinski definition) is 1. The van der Waals surface area contributed by atoms with Gasteiger partial charge in [-0.1, -0.05) is 35.9 Å². The SMILES string of the molecule is Cc1ccc(-n2c(Cc3c(C)oc4ccccc34)n[nH]c2=S)cc1Cl. The molecule has 2 aromatic carbocycles. The molecule has 0 aliphatic heterocycles. The van der Waals surface area contributed by atoms with Gasteiger partial charge in [0.15, 0.2) is 4.77 Å². The first-order valence-electron chi connectivity index (χ1n) is 7.94. The number of nitrogens with zero attached hydrogens (tertiary/aromatic N) is 2. The fourth-order valence-electron chi connectivity index (χ4n) is 3.03. The molecule has 25 heavy (non-hydrogen) atoms. The smallest absolute Gasteiger partial charge is 0.199 e. The van der Waals surface area contributed by atoms with Crippen molar-refractivity contribution in [2.24, 2.45) is 0 Å². The number of H-pyrrole nitrogens is 1. The second-order valence-electron chi connectivity index (χ2n) is 6.02. The summed E-state index contributed by atoms with van der Waals surface area (Å²) in [5.41, 5.74) is 3.92. The number of furan rings is 1. The van der Waals surface area contributed by atoms with Crippen LogP contribution in [0.15, 0.2) is 46.9 Å². The van der Waals surface area contributed by atoms with Crippen LogP contribution in [-0.4, -0.2) is 14.8 Å². The number of halogens is 1. The molecular formula is C19H16ClN3OS. The van der Waals surface area contributed by atoms with Crippen LogP contribution in [-0.2, 0) is 6.42 Å². The molecule has 0 aliphatic rings. The number of aryl methyl sites for hydroxylation is 2. The standard InChI is InChI=1S/C19H16ClN3OS/c1-11-7-8-13(9-16(11)20)23-18(21-22-19(23)25)10-15-12(2)24-17-6-4-3-5-14(15)17/h3-9H,10H2,1-2H3,(H,22,25). The van der Waals surface area contributed by atoms with Crippen LogP contribution in [0.2, 0.25) is 5.02 Å². The van der Waals surface area contributed by atoms with Gasteiger partial charge in [-0.25, -0.2) is 0 Å². The Kier molecular flexibility index (Phi) is 3.98. The van der Waals surface area contributed by atoms with Gasteiger partial charge in [-0.05, 0) is 49.8 Å². The summed E-state index contributed by atoms with van der Waals surface area (Å²) in [5, 5.41) is 9.12. The van der Waals surface area contributed by atoms with E-state index < -0.39 is 0 Å².